The molecule has 0 radical (unpaired) electrons. The predicted octanol–water partition coefficient (Wildman–Crippen LogP) is 2.79. The van der Waals surface area contributed by atoms with Gasteiger partial charge in [-0.15, -0.1) is 0 Å². The van der Waals surface area contributed by atoms with Crippen LogP contribution in [0.2, 0.25) is 0 Å². The summed E-state index contributed by atoms with van der Waals surface area (Å²) in [5.74, 6) is -1.42. The summed E-state index contributed by atoms with van der Waals surface area (Å²) in [7, 11) is 0. The van der Waals surface area contributed by atoms with Gasteiger partial charge in [0.1, 0.15) is 11.3 Å². The standard InChI is InChI=1S/C19H22N2O4/c1-4-16-17(12(3)25-20-16)18(22)21-9-14(15(10-21)19(23)24)13-8-6-5-7-11(13)2/h5-8,14-15H,4,9-10H2,1-3H3,(H,23,24)/t14-,15+/m1/s1. The minimum atomic E-state index is -0.874. The third-order valence-electron chi connectivity index (χ3n) is 4.99. The van der Waals surface area contributed by atoms with Crippen molar-refractivity contribution in [3.8, 4) is 0 Å². The lowest BCUT2D eigenvalue weighted by atomic mass is 9.86. The third-order valence-corrected chi connectivity index (χ3v) is 4.99. The monoisotopic (exact) mass is 342 g/mol. The van der Waals surface area contributed by atoms with Gasteiger partial charge in [-0.1, -0.05) is 36.3 Å². The van der Waals surface area contributed by atoms with Crippen LogP contribution in [0.5, 0.6) is 0 Å². The average molecular weight is 342 g/mol. The van der Waals surface area contributed by atoms with E-state index in [0.29, 0.717) is 30.0 Å². The lowest BCUT2D eigenvalue weighted by Crippen LogP contribution is -2.30. The molecule has 0 aliphatic carbocycles. The molecule has 1 aromatic heterocycles. The quantitative estimate of drug-likeness (QED) is 0.924. The molecule has 2 atom stereocenters. The summed E-state index contributed by atoms with van der Waals surface area (Å²) < 4.78 is 5.16. The molecular weight excluding hydrogens is 320 g/mol. The van der Waals surface area contributed by atoms with Crippen LogP contribution < -0.4 is 0 Å². The zero-order valence-corrected chi connectivity index (χ0v) is 14.7. The highest BCUT2D eigenvalue weighted by Crippen LogP contribution is 2.35. The molecule has 6 heteroatoms. The molecule has 1 aliphatic heterocycles. The first kappa shape index (κ1) is 17.2. The first-order valence-electron chi connectivity index (χ1n) is 8.46. The smallest absolute Gasteiger partial charge is 0.308 e. The molecule has 6 nitrogen and oxygen atoms in total. The Kier molecular flexibility index (Phi) is 4.61. The fourth-order valence-electron chi connectivity index (χ4n) is 3.63. The van der Waals surface area contributed by atoms with E-state index in [1.165, 1.54) is 0 Å². The highest BCUT2D eigenvalue weighted by atomic mass is 16.5. The Hall–Kier alpha value is -2.63. The van der Waals surface area contributed by atoms with Crippen LogP contribution in [0, 0.1) is 19.8 Å². The van der Waals surface area contributed by atoms with Crippen molar-refractivity contribution in [1.82, 2.24) is 10.1 Å². The Labute approximate surface area is 146 Å². The summed E-state index contributed by atoms with van der Waals surface area (Å²) in [5.41, 5.74) is 3.12. The number of amides is 1. The number of hydrogen-bond acceptors (Lipinski definition) is 4. The Morgan fingerprint density at radius 2 is 2.00 bits per heavy atom. The number of rotatable bonds is 4. The first-order valence-corrected chi connectivity index (χ1v) is 8.46. The summed E-state index contributed by atoms with van der Waals surface area (Å²) in [6.07, 6.45) is 0.593. The van der Waals surface area contributed by atoms with E-state index in [1.54, 1.807) is 11.8 Å². The largest absolute Gasteiger partial charge is 0.481 e. The highest BCUT2D eigenvalue weighted by Gasteiger charge is 2.42. The number of benzene rings is 1. The second-order valence-electron chi connectivity index (χ2n) is 6.53. The second kappa shape index (κ2) is 6.70. The van der Waals surface area contributed by atoms with Crippen LogP contribution in [0.1, 0.15) is 45.8 Å². The summed E-state index contributed by atoms with van der Waals surface area (Å²) in [4.78, 5) is 26.4. The number of carbonyl (C=O) groups excluding carboxylic acids is 1. The van der Waals surface area contributed by atoms with E-state index >= 15 is 0 Å². The molecule has 0 spiro atoms. The number of carbonyl (C=O) groups is 2. The van der Waals surface area contributed by atoms with Gasteiger partial charge in [0.2, 0.25) is 0 Å². The maximum absolute atomic E-state index is 13.0. The number of carboxylic acid groups (broad SMARTS) is 1. The van der Waals surface area contributed by atoms with Crippen molar-refractivity contribution < 1.29 is 19.2 Å². The van der Waals surface area contributed by atoms with Gasteiger partial charge in [0, 0.05) is 19.0 Å². The van der Waals surface area contributed by atoms with Crippen molar-refractivity contribution in [3.63, 3.8) is 0 Å². The van der Waals surface area contributed by atoms with E-state index < -0.39 is 11.9 Å². The normalized spacial score (nSPS) is 20.0. The van der Waals surface area contributed by atoms with Crippen LogP contribution in [0.3, 0.4) is 0 Å². The summed E-state index contributed by atoms with van der Waals surface area (Å²) in [6, 6.07) is 7.76. The predicted molar refractivity (Wildman–Crippen MR) is 91.6 cm³/mol. The zero-order chi connectivity index (χ0) is 18.1. The minimum absolute atomic E-state index is 0.195. The van der Waals surface area contributed by atoms with Gasteiger partial charge in [-0.3, -0.25) is 9.59 Å². The number of hydrogen-bond donors (Lipinski definition) is 1. The molecule has 2 heterocycles. The number of aliphatic carboxylic acids is 1. The molecule has 0 saturated carbocycles. The molecule has 1 aliphatic rings. The zero-order valence-electron chi connectivity index (χ0n) is 14.7. The van der Waals surface area contributed by atoms with Crippen molar-refractivity contribution in [3.05, 3.63) is 52.4 Å². The van der Waals surface area contributed by atoms with Crippen LogP contribution in [-0.2, 0) is 11.2 Å². The molecule has 1 amide bonds. The number of aryl methyl sites for hydroxylation is 3. The fraction of sp³-hybridized carbons (Fsp3) is 0.421. The Morgan fingerprint density at radius 3 is 2.64 bits per heavy atom. The topological polar surface area (TPSA) is 83.6 Å². The molecular formula is C19H22N2O4. The van der Waals surface area contributed by atoms with Crippen molar-refractivity contribution >= 4 is 11.9 Å². The summed E-state index contributed by atoms with van der Waals surface area (Å²) in [6.45, 7) is 6.17. The first-order chi connectivity index (χ1) is 11.9. The van der Waals surface area contributed by atoms with Crippen molar-refractivity contribution in [2.75, 3.05) is 13.1 Å². The number of nitrogens with zero attached hydrogens (tertiary/aromatic N) is 2. The molecule has 1 aromatic carbocycles. The second-order valence-corrected chi connectivity index (χ2v) is 6.53. The molecule has 1 saturated heterocycles. The number of carboxylic acids is 1. The maximum Gasteiger partial charge on any atom is 0.308 e. The number of aromatic nitrogens is 1. The van der Waals surface area contributed by atoms with E-state index in [4.69, 9.17) is 4.52 Å². The molecule has 0 unspecified atom stereocenters. The highest BCUT2D eigenvalue weighted by molar-refractivity contribution is 5.97. The molecule has 132 valence electrons. The lowest BCUT2D eigenvalue weighted by molar-refractivity contribution is -0.141. The Morgan fingerprint density at radius 1 is 1.28 bits per heavy atom. The molecule has 1 fully saturated rings. The molecule has 25 heavy (non-hydrogen) atoms. The Bertz CT molecular complexity index is 812. The van der Waals surface area contributed by atoms with Gasteiger partial charge in [0.25, 0.3) is 5.91 Å². The average Bonchev–Trinajstić information content (AvgIpc) is 3.18. The van der Waals surface area contributed by atoms with Gasteiger partial charge in [0.15, 0.2) is 0 Å². The van der Waals surface area contributed by atoms with Crippen molar-refractivity contribution in [1.29, 1.82) is 0 Å². The Balaban J connectivity index is 1.92. The van der Waals surface area contributed by atoms with Crippen LogP contribution in [0.15, 0.2) is 28.8 Å². The van der Waals surface area contributed by atoms with Crippen LogP contribution in [0.25, 0.3) is 0 Å². The SMILES string of the molecule is CCc1noc(C)c1C(=O)N1C[C@H](C(=O)O)[C@@H](c2ccccc2C)C1. The van der Waals surface area contributed by atoms with Crippen LogP contribution in [0.4, 0.5) is 0 Å². The number of likely N-dealkylation sites (tertiary alicyclic amines) is 1. The van der Waals surface area contributed by atoms with E-state index in [2.05, 4.69) is 5.16 Å². The van der Waals surface area contributed by atoms with Crippen molar-refractivity contribution in [2.45, 2.75) is 33.1 Å². The summed E-state index contributed by atoms with van der Waals surface area (Å²) in [5, 5.41) is 13.6. The van der Waals surface area contributed by atoms with Gasteiger partial charge in [0.05, 0.1) is 11.6 Å². The van der Waals surface area contributed by atoms with E-state index in [9.17, 15) is 14.7 Å². The van der Waals surface area contributed by atoms with Gasteiger partial charge >= 0.3 is 5.97 Å². The van der Waals surface area contributed by atoms with E-state index in [0.717, 1.165) is 11.1 Å². The maximum atomic E-state index is 13.0. The molecule has 0 bridgehead atoms. The molecule has 3 rings (SSSR count). The van der Waals surface area contributed by atoms with Crippen LogP contribution in [-0.4, -0.2) is 40.1 Å². The van der Waals surface area contributed by atoms with Gasteiger partial charge in [-0.2, -0.15) is 0 Å². The van der Waals surface area contributed by atoms with Gasteiger partial charge < -0.3 is 14.5 Å². The van der Waals surface area contributed by atoms with E-state index in [-0.39, 0.29) is 18.4 Å². The minimum Gasteiger partial charge on any atom is -0.481 e. The van der Waals surface area contributed by atoms with Gasteiger partial charge in [-0.25, -0.2) is 0 Å². The van der Waals surface area contributed by atoms with E-state index in [1.807, 2.05) is 38.1 Å². The third kappa shape index (κ3) is 3.04. The lowest BCUT2D eigenvalue weighted by Gasteiger charge is -2.18. The van der Waals surface area contributed by atoms with Crippen LogP contribution >= 0.6 is 0 Å². The molecule has 2 aromatic rings. The fourth-order valence-corrected chi connectivity index (χ4v) is 3.63. The summed E-state index contributed by atoms with van der Waals surface area (Å²) >= 11 is 0. The van der Waals surface area contributed by atoms with Crippen molar-refractivity contribution in [2.24, 2.45) is 5.92 Å². The van der Waals surface area contributed by atoms with Gasteiger partial charge in [-0.05, 0) is 31.4 Å². The molecule has 1 N–H and O–H groups in total.